The van der Waals surface area contributed by atoms with Gasteiger partial charge in [-0.15, -0.1) is 0 Å². The molecule has 0 aliphatic rings. The highest BCUT2D eigenvalue weighted by Gasteiger charge is 2.13. The third-order valence-corrected chi connectivity index (χ3v) is 2.28. The first kappa shape index (κ1) is 18.8. The first-order chi connectivity index (χ1) is 9.45. The number of ether oxygens (including phenoxy) is 4. The van der Waals surface area contributed by atoms with Crippen LogP contribution in [0.3, 0.4) is 0 Å². The summed E-state index contributed by atoms with van der Waals surface area (Å²) < 4.78 is 20.6. The zero-order valence-corrected chi connectivity index (χ0v) is 12.3. The van der Waals surface area contributed by atoms with Crippen molar-refractivity contribution in [2.24, 2.45) is 0 Å². The van der Waals surface area contributed by atoms with Gasteiger partial charge in [-0.05, 0) is 13.8 Å². The highest BCUT2D eigenvalue weighted by Crippen LogP contribution is 2.01. The van der Waals surface area contributed by atoms with Crippen LogP contribution in [0.2, 0.25) is 0 Å². The summed E-state index contributed by atoms with van der Waals surface area (Å²) in [5.74, 6) is -1.56. The molecule has 118 valence electrons. The predicted molar refractivity (Wildman–Crippen MR) is 70.5 cm³/mol. The molecule has 0 rings (SSSR count). The average molecular weight is 292 g/mol. The lowest BCUT2D eigenvalue weighted by Gasteiger charge is -2.17. The fourth-order valence-electron chi connectivity index (χ4n) is 1.27. The van der Waals surface area contributed by atoms with Gasteiger partial charge in [0.05, 0.1) is 45.4 Å². The van der Waals surface area contributed by atoms with Gasteiger partial charge < -0.3 is 24.1 Å². The Morgan fingerprint density at radius 3 is 2.35 bits per heavy atom. The zero-order chi connectivity index (χ0) is 15.4. The van der Waals surface area contributed by atoms with Crippen molar-refractivity contribution >= 4 is 11.9 Å². The molecule has 0 saturated heterocycles. The number of carbonyl (C=O) groups is 2. The van der Waals surface area contributed by atoms with Gasteiger partial charge in [0.1, 0.15) is 6.10 Å². The zero-order valence-electron chi connectivity index (χ0n) is 12.3. The van der Waals surface area contributed by atoms with Crippen LogP contribution < -0.4 is 0 Å². The highest BCUT2D eigenvalue weighted by molar-refractivity contribution is 5.76. The molecule has 1 N–H and O–H groups in total. The van der Waals surface area contributed by atoms with E-state index in [0.29, 0.717) is 19.8 Å². The Bertz CT molecular complexity index is 280. The number of esters is 1. The van der Waals surface area contributed by atoms with Crippen LogP contribution in [0.1, 0.15) is 26.7 Å². The van der Waals surface area contributed by atoms with Crippen molar-refractivity contribution in [2.45, 2.75) is 38.9 Å². The molecule has 0 spiro atoms. The normalized spacial score (nSPS) is 13.8. The van der Waals surface area contributed by atoms with Gasteiger partial charge in [0, 0.05) is 7.11 Å². The van der Waals surface area contributed by atoms with E-state index < -0.39 is 18.0 Å². The topological polar surface area (TPSA) is 91.3 Å². The minimum Gasteiger partial charge on any atom is -0.481 e. The van der Waals surface area contributed by atoms with Crippen LogP contribution >= 0.6 is 0 Å². The van der Waals surface area contributed by atoms with E-state index in [2.05, 4.69) is 0 Å². The van der Waals surface area contributed by atoms with Gasteiger partial charge in [-0.1, -0.05) is 0 Å². The third-order valence-electron chi connectivity index (χ3n) is 2.28. The van der Waals surface area contributed by atoms with Crippen molar-refractivity contribution < 1.29 is 33.6 Å². The highest BCUT2D eigenvalue weighted by atomic mass is 16.6. The second-order valence-corrected chi connectivity index (χ2v) is 4.41. The van der Waals surface area contributed by atoms with Gasteiger partial charge in [0.25, 0.3) is 0 Å². The minimum atomic E-state index is -1.02. The van der Waals surface area contributed by atoms with Crippen LogP contribution in [-0.4, -0.2) is 62.8 Å². The number of carbonyl (C=O) groups excluding carboxylic acids is 1. The van der Waals surface area contributed by atoms with Crippen LogP contribution in [0.25, 0.3) is 0 Å². The maximum absolute atomic E-state index is 11.3. The Morgan fingerprint density at radius 1 is 1.05 bits per heavy atom. The average Bonchev–Trinajstić information content (AvgIpc) is 2.39. The third kappa shape index (κ3) is 11.9. The SMILES string of the molecule is COCCOCC(C)OCC(C)OC(=O)CCC(=O)O. The first-order valence-electron chi connectivity index (χ1n) is 6.55. The fraction of sp³-hybridized carbons (Fsp3) is 0.846. The van der Waals surface area contributed by atoms with E-state index in [1.54, 1.807) is 14.0 Å². The Morgan fingerprint density at radius 2 is 1.75 bits per heavy atom. The molecule has 0 aromatic carbocycles. The van der Waals surface area contributed by atoms with Gasteiger partial charge in [-0.25, -0.2) is 0 Å². The lowest BCUT2D eigenvalue weighted by atomic mass is 10.3. The second kappa shape index (κ2) is 11.6. The summed E-state index contributed by atoms with van der Waals surface area (Å²) in [5.41, 5.74) is 0. The molecule has 2 unspecified atom stereocenters. The molecule has 0 aromatic rings. The fourth-order valence-corrected chi connectivity index (χ4v) is 1.27. The van der Waals surface area contributed by atoms with Crippen molar-refractivity contribution in [1.29, 1.82) is 0 Å². The van der Waals surface area contributed by atoms with Crippen molar-refractivity contribution in [1.82, 2.24) is 0 Å². The smallest absolute Gasteiger partial charge is 0.306 e. The van der Waals surface area contributed by atoms with Crippen molar-refractivity contribution in [3.63, 3.8) is 0 Å². The molecule has 0 fully saturated rings. The number of hydrogen-bond donors (Lipinski definition) is 1. The molecule has 7 nitrogen and oxygen atoms in total. The second-order valence-electron chi connectivity index (χ2n) is 4.41. The monoisotopic (exact) mass is 292 g/mol. The van der Waals surface area contributed by atoms with E-state index in [-0.39, 0.29) is 25.6 Å². The largest absolute Gasteiger partial charge is 0.481 e. The van der Waals surface area contributed by atoms with Gasteiger partial charge in [0.2, 0.25) is 0 Å². The molecular formula is C13H24O7. The Balaban J connectivity index is 3.62. The molecule has 0 amide bonds. The number of hydrogen-bond acceptors (Lipinski definition) is 6. The van der Waals surface area contributed by atoms with Crippen molar-refractivity contribution in [3.8, 4) is 0 Å². The Hall–Kier alpha value is -1.18. The summed E-state index contributed by atoms with van der Waals surface area (Å²) in [6.07, 6.45) is -0.893. The molecule has 2 atom stereocenters. The molecule has 0 saturated carbocycles. The summed E-state index contributed by atoms with van der Waals surface area (Å²) in [4.78, 5) is 21.6. The van der Waals surface area contributed by atoms with E-state index in [4.69, 9.17) is 24.1 Å². The maximum Gasteiger partial charge on any atom is 0.306 e. The summed E-state index contributed by atoms with van der Waals surface area (Å²) in [6.45, 7) is 5.26. The van der Waals surface area contributed by atoms with Crippen LogP contribution in [0.15, 0.2) is 0 Å². The van der Waals surface area contributed by atoms with E-state index in [1.165, 1.54) is 0 Å². The van der Waals surface area contributed by atoms with Gasteiger partial charge in [-0.2, -0.15) is 0 Å². The lowest BCUT2D eigenvalue weighted by Crippen LogP contribution is -2.26. The van der Waals surface area contributed by atoms with Gasteiger partial charge in [0.15, 0.2) is 0 Å². The lowest BCUT2D eigenvalue weighted by molar-refractivity contribution is -0.155. The molecule has 0 radical (unpaired) electrons. The number of carboxylic acid groups (broad SMARTS) is 1. The summed E-state index contributed by atoms with van der Waals surface area (Å²) in [5, 5.41) is 8.44. The molecule has 0 aliphatic heterocycles. The number of aliphatic carboxylic acids is 1. The van der Waals surface area contributed by atoms with Gasteiger partial charge in [-0.3, -0.25) is 9.59 Å². The van der Waals surface area contributed by atoms with E-state index in [0.717, 1.165) is 0 Å². The van der Waals surface area contributed by atoms with Crippen LogP contribution in [0.4, 0.5) is 0 Å². The van der Waals surface area contributed by atoms with E-state index in [9.17, 15) is 9.59 Å². The molecule has 7 heteroatoms. The summed E-state index contributed by atoms with van der Waals surface area (Å²) in [6, 6.07) is 0. The summed E-state index contributed by atoms with van der Waals surface area (Å²) in [7, 11) is 1.60. The first-order valence-corrected chi connectivity index (χ1v) is 6.55. The molecule has 0 aliphatic carbocycles. The Labute approximate surface area is 119 Å². The molecule has 0 aromatic heterocycles. The quantitative estimate of drug-likeness (QED) is 0.421. The standard InChI is InChI=1S/C13H24O7/c1-10(8-18-7-6-17-3)19-9-11(2)20-13(16)5-4-12(14)15/h10-11H,4-9H2,1-3H3,(H,14,15). The number of methoxy groups -OCH3 is 1. The number of carboxylic acids is 1. The maximum atomic E-state index is 11.3. The van der Waals surface area contributed by atoms with Crippen LogP contribution in [0.5, 0.6) is 0 Å². The van der Waals surface area contributed by atoms with Gasteiger partial charge >= 0.3 is 11.9 Å². The Kier molecular flexibility index (Phi) is 10.9. The molecule has 0 bridgehead atoms. The van der Waals surface area contributed by atoms with Crippen LogP contribution in [0, 0.1) is 0 Å². The molecule has 20 heavy (non-hydrogen) atoms. The molecular weight excluding hydrogens is 268 g/mol. The molecule has 0 heterocycles. The van der Waals surface area contributed by atoms with Crippen molar-refractivity contribution in [3.05, 3.63) is 0 Å². The van der Waals surface area contributed by atoms with E-state index >= 15 is 0 Å². The van der Waals surface area contributed by atoms with Crippen molar-refractivity contribution in [2.75, 3.05) is 33.5 Å². The summed E-state index contributed by atoms with van der Waals surface area (Å²) >= 11 is 0. The van der Waals surface area contributed by atoms with Crippen LogP contribution in [-0.2, 0) is 28.5 Å². The van der Waals surface area contributed by atoms with E-state index in [1.807, 2.05) is 6.92 Å². The minimum absolute atomic E-state index is 0.118. The predicted octanol–water partition coefficient (Wildman–Crippen LogP) is 0.851. The number of rotatable bonds is 12.